The molecule has 0 aromatic carbocycles. The van der Waals surface area contributed by atoms with Gasteiger partial charge in [-0.15, -0.1) is 0 Å². The summed E-state index contributed by atoms with van der Waals surface area (Å²) < 4.78 is 4.93. The first-order chi connectivity index (χ1) is 7.79. The minimum absolute atomic E-state index is 0.196. The van der Waals surface area contributed by atoms with Gasteiger partial charge in [-0.3, -0.25) is 4.79 Å². The van der Waals surface area contributed by atoms with Gasteiger partial charge in [0.25, 0.3) is 0 Å². The Bertz CT molecular complexity index is 359. The van der Waals surface area contributed by atoms with Gasteiger partial charge in [-0.05, 0) is 18.9 Å². The molecule has 4 nitrogen and oxygen atoms in total. The van der Waals surface area contributed by atoms with Crippen LogP contribution in [0.1, 0.15) is 37.9 Å². The first-order valence-electron chi connectivity index (χ1n) is 5.65. The fourth-order valence-electron chi connectivity index (χ4n) is 2.42. The van der Waals surface area contributed by atoms with Crippen molar-refractivity contribution in [3.05, 3.63) is 24.3 Å². The molecule has 1 fully saturated rings. The summed E-state index contributed by atoms with van der Waals surface area (Å²) in [7, 11) is 1.43. The van der Waals surface area contributed by atoms with Crippen LogP contribution in [0.5, 0.6) is 0 Å². The van der Waals surface area contributed by atoms with Crippen molar-refractivity contribution in [2.24, 2.45) is 0 Å². The molecule has 0 unspecified atom stereocenters. The second-order valence-corrected chi connectivity index (χ2v) is 4.21. The number of rotatable bonds is 2. The van der Waals surface area contributed by atoms with E-state index in [-0.39, 0.29) is 5.97 Å². The highest BCUT2D eigenvalue weighted by Gasteiger charge is 2.44. The molecule has 1 aromatic rings. The number of carbonyl (C=O) groups excluding carboxylic acids is 1. The summed E-state index contributed by atoms with van der Waals surface area (Å²) in [5, 5.41) is 0. The van der Waals surface area contributed by atoms with Gasteiger partial charge in [0, 0.05) is 12.4 Å². The summed E-state index contributed by atoms with van der Waals surface area (Å²) in [6, 6.07) is 1.76. The number of esters is 1. The molecular formula is C12H16N2O2. The Morgan fingerprint density at radius 2 is 1.88 bits per heavy atom. The maximum absolute atomic E-state index is 12.0. The van der Waals surface area contributed by atoms with E-state index in [0.29, 0.717) is 5.82 Å². The van der Waals surface area contributed by atoms with Crippen LogP contribution in [0.25, 0.3) is 0 Å². The summed E-state index contributed by atoms with van der Waals surface area (Å²) in [5.74, 6) is 0.417. The lowest BCUT2D eigenvalue weighted by Crippen LogP contribution is -2.40. The Kier molecular flexibility index (Phi) is 3.17. The number of hydrogen-bond acceptors (Lipinski definition) is 4. The number of carbonyl (C=O) groups is 1. The zero-order valence-electron chi connectivity index (χ0n) is 9.48. The van der Waals surface area contributed by atoms with Crippen molar-refractivity contribution in [3.63, 3.8) is 0 Å². The normalized spacial score (nSPS) is 19.1. The van der Waals surface area contributed by atoms with Crippen LogP contribution in [0.15, 0.2) is 18.5 Å². The van der Waals surface area contributed by atoms with Crippen molar-refractivity contribution in [2.75, 3.05) is 7.11 Å². The Balaban J connectivity index is 2.38. The van der Waals surface area contributed by atoms with Crippen molar-refractivity contribution in [1.29, 1.82) is 0 Å². The van der Waals surface area contributed by atoms with Crippen LogP contribution >= 0.6 is 0 Å². The second kappa shape index (κ2) is 4.60. The highest BCUT2D eigenvalue weighted by Crippen LogP contribution is 2.38. The van der Waals surface area contributed by atoms with Crippen LogP contribution in [0.4, 0.5) is 0 Å². The predicted molar refractivity (Wildman–Crippen MR) is 58.8 cm³/mol. The van der Waals surface area contributed by atoms with Gasteiger partial charge in [0.05, 0.1) is 7.11 Å². The molecule has 1 aliphatic rings. The molecule has 0 atom stereocenters. The van der Waals surface area contributed by atoms with Gasteiger partial charge in [0.2, 0.25) is 0 Å². The molecule has 0 spiro atoms. The van der Waals surface area contributed by atoms with Gasteiger partial charge < -0.3 is 4.74 Å². The number of hydrogen-bond donors (Lipinski definition) is 0. The van der Waals surface area contributed by atoms with Gasteiger partial charge in [-0.1, -0.05) is 19.3 Å². The van der Waals surface area contributed by atoms with E-state index in [4.69, 9.17) is 4.74 Å². The molecule has 0 aliphatic heterocycles. The number of aromatic nitrogens is 2. The van der Waals surface area contributed by atoms with Crippen molar-refractivity contribution < 1.29 is 9.53 Å². The SMILES string of the molecule is COC(=O)C1(c2ncccn2)CCCCC1. The minimum atomic E-state index is -0.603. The predicted octanol–water partition coefficient (Wildman–Crippen LogP) is 1.85. The molecule has 86 valence electrons. The van der Waals surface area contributed by atoms with Gasteiger partial charge in [0.15, 0.2) is 0 Å². The van der Waals surface area contributed by atoms with Gasteiger partial charge in [0.1, 0.15) is 11.2 Å². The molecule has 1 aromatic heterocycles. The van der Waals surface area contributed by atoms with E-state index >= 15 is 0 Å². The van der Waals surface area contributed by atoms with Crippen LogP contribution in [0.3, 0.4) is 0 Å². The number of ether oxygens (including phenoxy) is 1. The van der Waals surface area contributed by atoms with Crippen molar-refractivity contribution in [2.45, 2.75) is 37.5 Å². The monoisotopic (exact) mass is 220 g/mol. The maximum Gasteiger partial charge on any atom is 0.319 e. The van der Waals surface area contributed by atoms with E-state index in [1.807, 2.05) is 0 Å². The van der Waals surface area contributed by atoms with Crippen LogP contribution in [0, 0.1) is 0 Å². The average Bonchev–Trinajstić information content (AvgIpc) is 2.39. The van der Waals surface area contributed by atoms with E-state index in [9.17, 15) is 4.79 Å². The molecule has 0 N–H and O–H groups in total. The van der Waals surface area contributed by atoms with E-state index in [0.717, 1.165) is 25.7 Å². The third-order valence-corrected chi connectivity index (χ3v) is 3.28. The van der Waals surface area contributed by atoms with Crippen molar-refractivity contribution >= 4 is 5.97 Å². The van der Waals surface area contributed by atoms with Gasteiger partial charge in [-0.25, -0.2) is 9.97 Å². The van der Waals surface area contributed by atoms with E-state index in [1.165, 1.54) is 13.5 Å². The van der Waals surface area contributed by atoms with Crippen LogP contribution in [-0.2, 0) is 14.9 Å². The quantitative estimate of drug-likeness (QED) is 0.714. The third kappa shape index (κ3) is 1.79. The standard InChI is InChI=1S/C12H16N2O2/c1-16-11(15)12(6-3-2-4-7-12)10-13-8-5-9-14-10/h5,8-9H,2-4,6-7H2,1H3. The zero-order chi connectivity index (χ0) is 11.4. The smallest absolute Gasteiger partial charge is 0.319 e. The molecule has 1 heterocycles. The molecule has 0 radical (unpaired) electrons. The molecule has 1 aliphatic carbocycles. The lowest BCUT2D eigenvalue weighted by atomic mass is 9.73. The Morgan fingerprint density at radius 1 is 1.25 bits per heavy atom. The molecule has 0 bridgehead atoms. The number of nitrogens with zero attached hydrogens (tertiary/aromatic N) is 2. The van der Waals surface area contributed by atoms with Crippen molar-refractivity contribution in [1.82, 2.24) is 9.97 Å². The first-order valence-corrected chi connectivity index (χ1v) is 5.65. The summed E-state index contributed by atoms with van der Waals surface area (Å²) >= 11 is 0. The Labute approximate surface area is 95.1 Å². The van der Waals surface area contributed by atoms with Crippen LogP contribution in [0.2, 0.25) is 0 Å². The summed E-state index contributed by atoms with van der Waals surface area (Å²) in [5.41, 5.74) is -0.603. The Hall–Kier alpha value is -1.45. The molecule has 16 heavy (non-hydrogen) atoms. The molecule has 2 rings (SSSR count). The Morgan fingerprint density at radius 3 is 2.44 bits per heavy atom. The summed E-state index contributed by atoms with van der Waals surface area (Å²) in [6.45, 7) is 0. The fraction of sp³-hybridized carbons (Fsp3) is 0.583. The van der Waals surface area contributed by atoms with Crippen LogP contribution in [-0.4, -0.2) is 23.0 Å². The molecule has 1 saturated carbocycles. The molecular weight excluding hydrogens is 204 g/mol. The fourth-order valence-corrected chi connectivity index (χ4v) is 2.42. The van der Waals surface area contributed by atoms with Gasteiger partial charge in [-0.2, -0.15) is 0 Å². The first kappa shape index (κ1) is 11.0. The maximum atomic E-state index is 12.0. The van der Waals surface area contributed by atoms with E-state index in [2.05, 4.69) is 9.97 Å². The highest BCUT2D eigenvalue weighted by atomic mass is 16.5. The lowest BCUT2D eigenvalue weighted by Gasteiger charge is -2.32. The second-order valence-electron chi connectivity index (χ2n) is 4.21. The minimum Gasteiger partial charge on any atom is -0.468 e. The summed E-state index contributed by atoms with van der Waals surface area (Å²) in [6.07, 6.45) is 8.20. The average molecular weight is 220 g/mol. The van der Waals surface area contributed by atoms with E-state index < -0.39 is 5.41 Å². The summed E-state index contributed by atoms with van der Waals surface area (Å²) in [4.78, 5) is 20.5. The molecule has 0 amide bonds. The zero-order valence-corrected chi connectivity index (χ0v) is 9.48. The van der Waals surface area contributed by atoms with Crippen molar-refractivity contribution in [3.8, 4) is 0 Å². The van der Waals surface area contributed by atoms with Crippen LogP contribution < -0.4 is 0 Å². The largest absolute Gasteiger partial charge is 0.468 e. The number of methoxy groups -OCH3 is 1. The highest BCUT2D eigenvalue weighted by molar-refractivity contribution is 5.82. The van der Waals surface area contributed by atoms with Gasteiger partial charge >= 0.3 is 5.97 Å². The molecule has 0 saturated heterocycles. The van der Waals surface area contributed by atoms with E-state index in [1.54, 1.807) is 18.5 Å². The lowest BCUT2D eigenvalue weighted by molar-refractivity contribution is -0.149. The third-order valence-electron chi connectivity index (χ3n) is 3.28. The topological polar surface area (TPSA) is 52.1 Å². The molecule has 4 heteroatoms.